The minimum Gasteiger partial charge on any atom is -0.340 e. The maximum absolute atomic E-state index is 12.8. The van der Waals surface area contributed by atoms with E-state index in [0.29, 0.717) is 48.5 Å². The van der Waals surface area contributed by atoms with E-state index in [-0.39, 0.29) is 10.8 Å². The fourth-order valence-electron chi connectivity index (χ4n) is 3.03. The molecule has 1 aliphatic rings. The molecule has 1 fully saturated rings. The van der Waals surface area contributed by atoms with E-state index < -0.39 is 10.0 Å². The van der Waals surface area contributed by atoms with Crippen LogP contribution in [0, 0.1) is 0 Å². The number of rotatable bonds is 5. The Labute approximate surface area is 173 Å². The highest BCUT2D eigenvalue weighted by molar-refractivity contribution is 9.10. The van der Waals surface area contributed by atoms with Crippen molar-refractivity contribution in [2.45, 2.75) is 17.7 Å². The van der Waals surface area contributed by atoms with Gasteiger partial charge < -0.3 is 4.90 Å². The van der Waals surface area contributed by atoms with Crippen LogP contribution in [-0.2, 0) is 21.2 Å². The predicted octanol–water partition coefficient (Wildman–Crippen LogP) is 3.57. The fraction of sp³-hybridized carbons (Fsp3) is 0.316. The van der Waals surface area contributed by atoms with Gasteiger partial charge in [-0.15, -0.1) is 0 Å². The van der Waals surface area contributed by atoms with Gasteiger partial charge in [0.05, 0.1) is 4.90 Å². The zero-order valence-electron chi connectivity index (χ0n) is 14.6. The number of benzene rings is 2. The number of aryl methyl sites for hydroxylation is 1. The number of carbonyl (C=O) groups is 1. The van der Waals surface area contributed by atoms with Crippen molar-refractivity contribution in [1.82, 2.24) is 9.21 Å². The van der Waals surface area contributed by atoms with Gasteiger partial charge in [0.15, 0.2) is 0 Å². The van der Waals surface area contributed by atoms with E-state index in [0.717, 1.165) is 5.56 Å². The standard InChI is InChI=1S/C19H20BrClN2O3S/c20-17-3-1-2-4-18(17)27(25,26)23-13-11-22(12-14-23)19(24)10-7-15-5-8-16(21)9-6-15/h1-6,8-9H,7,10-14H2. The van der Waals surface area contributed by atoms with Crippen LogP contribution in [0.25, 0.3) is 0 Å². The molecule has 0 atom stereocenters. The van der Waals surface area contributed by atoms with Gasteiger partial charge in [0.2, 0.25) is 15.9 Å². The first-order valence-electron chi connectivity index (χ1n) is 8.65. The number of carbonyl (C=O) groups excluding carboxylic acids is 1. The van der Waals surface area contributed by atoms with Crippen molar-refractivity contribution in [3.05, 3.63) is 63.6 Å². The summed E-state index contributed by atoms with van der Waals surface area (Å²) in [6.45, 7) is 1.42. The Morgan fingerprint density at radius 1 is 1.00 bits per heavy atom. The van der Waals surface area contributed by atoms with Crippen molar-refractivity contribution in [2.24, 2.45) is 0 Å². The Morgan fingerprint density at radius 3 is 2.26 bits per heavy atom. The highest BCUT2D eigenvalue weighted by atomic mass is 79.9. The number of nitrogens with zero attached hydrogens (tertiary/aromatic N) is 2. The highest BCUT2D eigenvalue weighted by Gasteiger charge is 2.31. The summed E-state index contributed by atoms with van der Waals surface area (Å²) in [5.41, 5.74) is 1.06. The second-order valence-corrected chi connectivity index (χ2v) is 9.54. The normalized spacial score (nSPS) is 15.7. The lowest BCUT2D eigenvalue weighted by Gasteiger charge is -2.34. The van der Waals surface area contributed by atoms with Gasteiger partial charge in [-0.3, -0.25) is 4.79 Å². The lowest BCUT2D eigenvalue weighted by Crippen LogP contribution is -2.50. The van der Waals surface area contributed by atoms with Crippen LogP contribution >= 0.6 is 27.5 Å². The van der Waals surface area contributed by atoms with Crippen LogP contribution in [0.15, 0.2) is 57.9 Å². The average Bonchev–Trinajstić information content (AvgIpc) is 2.67. The first-order valence-corrected chi connectivity index (χ1v) is 11.3. The van der Waals surface area contributed by atoms with Crippen LogP contribution in [0.2, 0.25) is 5.02 Å². The first-order chi connectivity index (χ1) is 12.9. The molecule has 1 heterocycles. The Bertz CT molecular complexity index is 911. The van der Waals surface area contributed by atoms with Gasteiger partial charge in [0.1, 0.15) is 0 Å². The largest absolute Gasteiger partial charge is 0.340 e. The molecule has 5 nitrogen and oxygen atoms in total. The summed E-state index contributed by atoms with van der Waals surface area (Å²) >= 11 is 9.17. The smallest absolute Gasteiger partial charge is 0.244 e. The first kappa shape index (κ1) is 20.3. The third-order valence-corrected chi connectivity index (χ3v) is 7.75. The molecule has 0 spiro atoms. The summed E-state index contributed by atoms with van der Waals surface area (Å²) in [5.74, 6) is 0.0443. The van der Waals surface area contributed by atoms with Crippen LogP contribution in [-0.4, -0.2) is 49.7 Å². The van der Waals surface area contributed by atoms with E-state index >= 15 is 0 Å². The number of sulfonamides is 1. The zero-order chi connectivity index (χ0) is 19.4. The lowest BCUT2D eigenvalue weighted by atomic mass is 10.1. The molecule has 27 heavy (non-hydrogen) atoms. The number of hydrogen-bond acceptors (Lipinski definition) is 3. The van der Waals surface area contributed by atoms with E-state index in [9.17, 15) is 13.2 Å². The Balaban J connectivity index is 1.56. The van der Waals surface area contributed by atoms with Gasteiger partial charge in [0, 0.05) is 42.1 Å². The number of halogens is 2. The quantitative estimate of drug-likeness (QED) is 0.670. The minimum absolute atomic E-state index is 0.0443. The van der Waals surface area contributed by atoms with Crippen LogP contribution in [0.3, 0.4) is 0 Å². The Kier molecular flexibility index (Phi) is 6.57. The van der Waals surface area contributed by atoms with Gasteiger partial charge in [-0.05, 0) is 52.2 Å². The van der Waals surface area contributed by atoms with E-state index in [1.165, 1.54) is 4.31 Å². The van der Waals surface area contributed by atoms with E-state index in [1.54, 1.807) is 29.2 Å². The van der Waals surface area contributed by atoms with E-state index in [2.05, 4.69) is 15.9 Å². The molecule has 0 saturated carbocycles. The summed E-state index contributed by atoms with van der Waals surface area (Å²) in [6, 6.07) is 14.2. The maximum atomic E-state index is 12.8. The molecule has 0 N–H and O–H groups in total. The SMILES string of the molecule is O=C(CCc1ccc(Cl)cc1)N1CCN(S(=O)(=O)c2ccccc2Br)CC1. The summed E-state index contributed by atoms with van der Waals surface area (Å²) < 4.78 is 27.6. The molecular weight excluding hydrogens is 452 g/mol. The molecule has 0 aromatic heterocycles. The van der Waals surface area contributed by atoms with E-state index in [4.69, 9.17) is 11.6 Å². The van der Waals surface area contributed by atoms with Gasteiger partial charge in [-0.25, -0.2) is 8.42 Å². The van der Waals surface area contributed by atoms with Gasteiger partial charge >= 0.3 is 0 Å². The summed E-state index contributed by atoms with van der Waals surface area (Å²) in [7, 11) is -3.57. The molecule has 0 radical (unpaired) electrons. The maximum Gasteiger partial charge on any atom is 0.244 e. The van der Waals surface area contributed by atoms with Crippen molar-refractivity contribution < 1.29 is 13.2 Å². The molecule has 1 saturated heterocycles. The van der Waals surface area contributed by atoms with Crippen molar-refractivity contribution in [2.75, 3.05) is 26.2 Å². The molecule has 2 aromatic rings. The third-order valence-electron chi connectivity index (χ3n) is 4.59. The number of piperazine rings is 1. The average molecular weight is 472 g/mol. The monoisotopic (exact) mass is 470 g/mol. The summed E-state index contributed by atoms with van der Waals surface area (Å²) in [5, 5.41) is 0.674. The van der Waals surface area contributed by atoms with Crippen LogP contribution in [0.4, 0.5) is 0 Å². The molecule has 3 rings (SSSR count). The topological polar surface area (TPSA) is 57.7 Å². The predicted molar refractivity (Wildman–Crippen MR) is 109 cm³/mol. The number of amides is 1. The van der Waals surface area contributed by atoms with Gasteiger partial charge in [0.25, 0.3) is 0 Å². The zero-order valence-corrected chi connectivity index (χ0v) is 17.8. The third kappa shape index (κ3) is 4.90. The molecule has 1 amide bonds. The fourth-order valence-corrected chi connectivity index (χ4v) is 5.54. The lowest BCUT2D eigenvalue weighted by molar-refractivity contribution is -0.132. The molecule has 144 valence electrons. The Hall–Kier alpha value is -1.41. The van der Waals surface area contributed by atoms with Crippen molar-refractivity contribution >= 4 is 43.5 Å². The van der Waals surface area contributed by atoms with E-state index in [1.807, 2.05) is 24.3 Å². The van der Waals surface area contributed by atoms with Gasteiger partial charge in [-0.2, -0.15) is 4.31 Å². The summed E-state index contributed by atoms with van der Waals surface area (Å²) in [4.78, 5) is 14.4. The van der Waals surface area contributed by atoms with Crippen molar-refractivity contribution in [1.29, 1.82) is 0 Å². The van der Waals surface area contributed by atoms with Crippen LogP contribution in [0.5, 0.6) is 0 Å². The van der Waals surface area contributed by atoms with Crippen LogP contribution in [0.1, 0.15) is 12.0 Å². The molecule has 2 aromatic carbocycles. The van der Waals surface area contributed by atoms with Crippen molar-refractivity contribution in [3.63, 3.8) is 0 Å². The second kappa shape index (κ2) is 8.73. The second-order valence-electron chi connectivity index (χ2n) is 6.34. The molecular formula is C19H20BrClN2O3S. The molecule has 1 aliphatic heterocycles. The molecule has 8 heteroatoms. The number of hydrogen-bond donors (Lipinski definition) is 0. The van der Waals surface area contributed by atoms with Crippen LogP contribution < -0.4 is 0 Å². The molecule has 0 aliphatic carbocycles. The Morgan fingerprint density at radius 2 is 1.63 bits per heavy atom. The highest BCUT2D eigenvalue weighted by Crippen LogP contribution is 2.25. The summed E-state index contributed by atoms with van der Waals surface area (Å²) in [6.07, 6.45) is 1.05. The minimum atomic E-state index is -3.57. The molecule has 0 unspecified atom stereocenters. The molecule has 0 bridgehead atoms. The van der Waals surface area contributed by atoms with Crippen molar-refractivity contribution in [3.8, 4) is 0 Å². The van der Waals surface area contributed by atoms with Gasteiger partial charge in [-0.1, -0.05) is 35.9 Å².